The molecule has 2 heteroatoms. The van der Waals surface area contributed by atoms with Crippen molar-refractivity contribution >= 4 is 12.1 Å². The van der Waals surface area contributed by atoms with Crippen LogP contribution >= 0.6 is 0 Å². The first-order valence-electron chi connectivity index (χ1n) is 4.53. The highest BCUT2D eigenvalue weighted by atomic mass is 16.1. The third kappa shape index (κ3) is 6.08. The molecule has 70 valence electrons. The molecule has 0 aliphatic rings. The van der Waals surface area contributed by atoms with E-state index in [0.29, 0.717) is 25.2 Å². The molecule has 0 aliphatic heterocycles. The zero-order chi connectivity index (χ0) is 9.56. The van der Waals surface area contributed by atoms with Gasteiger partial charge in [0.2, 0.25) is 0 Å². The topological polar surface area (TPSA) is 34.1 Å². The van der Waals surface area contributed by atoms with E-state index in [-0.39, 0.29) is 11.7 Å². The van der Waals surface area contributed by atoms with Gasteiger partial charge >= 0.3 is 0 Å². The number of carbonyl (C=O) groups excluding carboxylic acids is 2. The van der Waals surface area contributed by atoms with Crippen molar-refractivity contribution in [3.63, 3.8) is 0 Å². The molecule has 1 atom stereocenters. The molecular weight excluding hydrogens is 152 g/mol. The number of carbonyl (C=O) groups is 2. The van der Waals surface area contributed by atoms with Crippen LogP contribution < -0.4 is 0 Å². The van der Waals surface area contributed by atoms with Gasteiger partial charge in [-0.25, -0.2) is 0 Å². The van der Waals surface area contributed by atoms with Crippen LogP contribution in [0.5, 0.6) is 0 Å². The van der Waals surface area contributed by atoms with E-state index in [2.05, 4.69) is 0 Å². The Balaban J connectivity index is 3.50. The molecule has 0 aromatic carbocycles. The van der Waals surface area contributed by atoms with Gasteiger partial charge in [0.25, 0.3) is 0 Å². The summed E-state index contributed by atoms with van der Waals surface area (Å²) in [5.41, 5.74) is 0. The summed E-state index contributed by atoms with van der Waals surface area (Å²) in [6.45, 7) is 5.90. The fraction of sp³-hybridized carbons (Fsp3) is 0.800. The smallest absolute Gasteiger partial charge is 0.133 e. The van der Waals surface area contributed by atoms with E-state index in [9.17, 15) is 9.59 Å². The summed E-state index contributed by atoms with van der Waals surface area (Å²) < 4.78 is 0. The van der Waals surface area contributed by atoms with E-state index in [4.69, 9.17) is 0 Å². The Hall–Kier alpha value is -0.660. The summed E-state index contributed by atoms with van der Waals surface area (Å²) in [4.78, 5) is 21.4. The van der Waals surface area contributed by atoms with E-state index in [0.717, 1.165) is 6.29 Å². The lowest BCUT2D eigenvalue weighted by atomic mass is 10.00. The minimum absolute atomic E-state index is 0.0288. The highest BCUT2D eigenvalue weighted by molar-refractivity contribution is 5.78. The Kier molecular flexibility index (Phi) is 5.60. The monoisotopic (exact) mass is 170 g/mol. The first kappa shape index (κ1) is 11.3. The number of rotatable bonds is 6. The molecule has 12 heavy (non-hydrogen) atoms. The molecule has 0 saturated carbocycles. The second kappa shape index (κ2) is 5.92. The molecule has 0 saturated heterocycles. The first-order chi connectivity index (χ1) is 5.56. The summed E-state index contributed by atoms with van der Waals surface area (Å²) in [5, 5.41) is 0. The number of aldehydes is 1. The van der Waals surface area contributed by atoms with E-state index in [1.165, 1.54) is 0 Å². The summed E-state index contributed by atoms with van der Waals surface area (Å²) in [6, 6.07) is 0. The summed E-state index contributed by atoms with van der Waals surface area (Å²) in [6.07, 6.45) is 2.81. The lowest BCUT2D eigenvalue weighted by Gasteiger charge is -2.04. The number of hydrogen-bond acceptors (Lipinski definition) is 2. The van der Waals surface area contributed by atoms with Crippen LogP contribution in [0.2, 0.25) is 0 Å². The van der Waals surface area contributed by atoms with Crippen molar-refractivity contribution in [3.8, 4) is 0 Å². The second-order valence-corrected chi connectivity index (χ2v) is 3.79. The SMILES string of the molecule is CC(C)CC(=O)CCC(C)C=O. The molecule has 0 spiro atoms. The van der Waals surface area contributed by atoms with Gasteiger partial charge in [0.15, 0.2) is 0 Å². The maximum atomic E-state index is 11.2. The molecule has 0 fully saturated rings. The Morgan fingerprint density at radius 2 is 1.92 bits per heavy atom. The first-order valence-corrected chi connectivity index (χ1v) is 4.53. The van der Waals surface area contributed by atoms with E-state index in [1.807, 2.05) is 20.8 Å². The van der Waals surface area contributed by atoms with E-state index in [1.54, 1.807) is 0 Å². The van der Waals surface area contributed by atoms with Crippen LogP contribution in [0.1, 0.15) is 40.0 Å². The van der Waals surface area contributed by atoms with Gasteiger partial charge in [-0.1, -0.05) is 20.8 Å². The van der Waals surface area contributed by atoms with Crippen molar-refractivity contribution in [3.05, 3.63) is 0 Å². The van der Waals surface area contributed by atoms with Crippen molar-refractivity contribution in [1.29, 1.82) is 0 Å². The Labute approximate surface area is 74.3 Å². The average Bonchev–Trinajstić information content (AvgIpc) is 1.99. The Morgan fingerprint density at radius 3 is 2.33 bits per heavy atom. The predicted molar refractivity (Wildman–Crippen MR) is 48.9 cm³/mol. The standard InChI is InChI=1S/C10H18O2/c1-8(2)6-10(12)5-4-9(3)7-11/h7-9H,4-6H2,1-3H3. The third-order valence-corrected chi connectivity index (χ3v) is 1.75. The molecule has 0 bridgehead atoms. The van der Waals surface area contributed by atoms with Crippen molar-refractivity contribution < 1.29 is 9.59 Å². The predicted octanol–water partition coefficient (Wildman–Crippen LogP) is 2.22. The molecule has 0 rings (SSSR count). The number of hydrogen-bond donors (Lipinski definition) is 0. The van der Waals surface area contributed by atoms with Gasteiger partial charge in [-0.3, -0.25) is 4.79 Å². The van der Waals surface area contributed by atoms with Gasteiger partial charge in [-0.15, -0.1) is 0 Å². The van der Waals surface area contributed by atoms with Crippen LogP contribution in [0.4, 0.5) is 0 Å². The third-order valence-electron chi connectivity index (χ3n) is 1.75. The second-order valence-electron chi connectivity index (χ2n) is 3.79. The highest BCUT2D eigenvalue weighted by Gasteiger charge is 2.07. The van der Waals surface area contributed by atoms with Crippen LogP contribution in [0, 0.1) is 11.8 Å². The Morgan fingerprint density at radius 1 is 1.33 bits per heavy atom. The lowest BCUT2D eigenvalue weighted by molar-refractivity contribution is -0.120. The highest BCUT2D eigenvalue weighted by Crippen LogP contribution is 2.08. The molecule has 0 aliphatic carbocycles. The molecule has 0 heterocycles. The summed E-state index contributed by atoms with van der Waals surface area (Å²) in [5.74, 6) is 0.740. The van der Waals surface area contributed by atoms with Crippen molar-refractivity contribution in [2.45, 2.75) is 40.0 Å². The van der Waals surface area contributed by atoms with Crippen LogP contribution in [0.25, 0.3) is 0 Å². The minimum atomic E-state index is 0.0288. The molecular formula is C10H18O2. The van der Waals surface area contributed by atoms with Gasteiger partial charge in [0, 0.05) is 18.8 Å². The molecule has 1 unspecified atom stereocenters. The maximum absolute atomic E-state index is 11.2. The van der Waals surface area contributed by atoms with Gasteiger partial charge in [-0.2, -0.15) is 0 Å². The van der Waals surface area contributed by atoms with Gasteiger partial charge in [0.05, 0.1) is 0 Å². The molecule has 0 N–H and O–H groups in total. The molecule has 2 nitrogen and oxygen atoms in total. The van der Waals surface area contributed by atoms with Crippen LogP contribution in [-0.4, -0.2) is 12.1 Å². The van der Waals surface area contributed by atoms with Crippen LogP contribution in [0.3, 0.4) is 0 Å². The largest absolute Gasteiger partial charge is 0.303 e. The zero-order valence-corrected chi connectivity index (χ0v) is 8.17. The summed E-state index contributed by atoms with van der Waals surface area (Å²) >= 11 is 0. The average molecular weight is 170 g/mol. The molecule has 0 amide bonds. The zero-order valence-electron chi connectivity index (χ0n) is 8.17. The summed E-state index contributed by atoms with van der Waals surface area (Å²) in [7, 11) is 0. The molecule has 0 radical (unpaired) electrons. The minimum Gasteiger partial charge on any atom is -0.303 e. The number of ketones is 1. The van der Waals surface area contributed by atoms with Crippen molar-refractivity contribution in [2.75, 3.05) is 0 Å². The fourth-order valence-corrected chi connectivity index (χ4v) is 1.01. The van der Waals surface area contributed by atoms with Crippen molar-refractivity contribution in [1.82, 2.24) is 0 Å². The molecule has 0 aromatic heterocycles. The van der Waals surface area contributed by atoms with Gasteiger partial charge in [0.1, 0.15) is 12.1 Å². The molecule has 0 aromatic rings. The van der Waals surface area contributed by atoms with Crippen molar-refractivity contribution in [2.24, 2.45) is 11.8 Å². The lowest BCUT2D eigenvalue weighted by Crippen LogP contribution is -2.05. The fourth-order valence-electron chi connectivity index (χ4n) is 1.01. The Bertz CT molecular complexity index is 150. The van der Waals surface area contributed by atoms with E-state index >= 15 is 0 Å². The van der Waals surface area contributed by atoms with Gasteiger partial charge in [-0.05, 0) is 12.3 Å². The quantitative estimate of drug-likeness (QED) is 0.573. The number of Topliss-reactive ketones (excluding diaryl/α,β-unsaturated/α-hetero) is 1. The van der Waals surface area contributed by atoms with Gasteiger partial charge < -0.3 is 4.79 Å². The van der Waals surface area contributed by atoms with E-state index < -0.39 is 0 Å². The maximum Gasteiger partial charge on any atom is 0.133 e. The normalized spacial score (nSPS) is 13.0. The van der Waals surface area contributed by atoms with Crippen LogP contribution in [0.15, 0.2) is 0 Å². The van der Waals surface area contributed by atoms with Crippen LogP contribution in [-0.2, 0) is 9.59 Å².